The van der Waals surface area contributed by atoms with Crippen molar-refractivity contribution < 1.29 is 13.6 Å². The number of hydrogen-bond donors (Lipinski definition) is 2. The first-order valence-corrected chi connectivity index (χ1v) is 13.5. The van der Waals surface area contributed by atoms with Gasteiger partial charge in [0.1, 0.15) is 0 Å². The van der Waals surface area contributed by atoms with Crippen LogP contribution in [0.3, 0.4) is 0 Å². The fourth-order valence-electron chi connectivity index (χ4n) is 5.35. The van der Waals surface area contributed by atoms with Gasteiger partial charge in [0.2, 0.25) is 0 Å². The van der Waals surface area contributed by atoms with Gasteiger partial charge in [-0.05, 0) is 84.9 Å². The number of fused-ring (bicyclic) bond motifs is 1. The molecule has 0 spiro atoms. The van der Waals surface area contributed by atoms with Crippen LogP contribution in [0, 0.1) is 11.6 Å². The van der Waals surface area contributed by atoms with Crippen LogP contribution in [-0.4, -0.2) is 39.1 Å². The Bertz CT molecular complexity index is 1660. The molecule has 8 heteroatoms. The van der Waals surface area contributed by atoms with Gasteiger partial charge in [-0.2, -0.15) is 5.10 Å². The molecular formula is C32H29F2N5O. The standard InChI is InChI=1S/C32H29F2N5O/c33-28-16-23(20-39-11-5-2-6-12-39)15-26(30(28)34)24-9-10-29-27(17-24)31(38-37-29)32(40)36-25-14-22(18-35-19-25)13-21-7-3-1-4-8-21/h1,3-4,7-10,14-19H,2,5-6,11-13,20H2,(H,36,40)(H,37,38). The first kappa shape index (κ1) is 25.8. The fraction of sp³-hybridized carbons (Fsp3) is 0.219. The van der Waals surface area contributed by atoms with Crippen LogP contribution >= 0.6 is 0 Å². The largest absolute Gasteiger partial charge is 0.319 e. The first-order valence-electron chi connectivity index (χ1n) is 13.5. The van der Waals surface area contributed by atoms with Crippen molar-refractivity contribution in [2.45, 2.75) is 32.2 Å². The zero-order chi connectivity index (χ0) is 27.5. The number of piperidine rings is 1. The molecule has 3 aromatic carbocycles. The van der Waals surface area contributed by atoms with Crippen molar-refractivity contribution in [3.63, 3.8) is 0 Å². The number of halogens is 2. The molecule has 0 atom stereocenters. The number of aromatic amines is 1. The number of carbonyl (C=O) groups is 1. The van der Waals surface area contributed by atoms with Gasteiger partial charge in [-0.1, -0.05) is 42.8 Å². The number of carbonyl (C=O) groups excluding carboxylic acids is 1. The second-order valence-electron chi connectivity index (χ2n) is 10.3. The summed E-state index contributed by atoms with van der Waals surface area (Å²) in [6.07, 6.45) is 7.48. The maximum absolute atomic E-state index is 15.0. The van der Waals surface area contributed by atoms with Crippen LogP contribution in [0.15, 0.2) is 79.1 Å². The summed E-state index contributed by atoms with van der Waals surface area (Å²) in [7, 11) is 0. The predicted octanol–water partition coefficient (Wildman–Crippen LogP) is 6.73. The Labute approximate surface area is 231 Å². The summed E-state index contributed by atoms with van der Waals surface area (Å²) in [6, 6.07) is 20.0. The van der Waals surface area contributed by atoms with Crippen molar-refractivity contribution in [1.29, 1.82) is 0 Å². The highest BCUT2D eigenvalue weighted by molar-refractivity contribution is 6.11. The third-order valence-corrected chi connectivity index (χ3v) is 7.34. The van der Waals surface area contributed by atoms with E-state index in [1.165, 1.54) is 12.5 Å². The number of pyridine rings is 1. The first-order chi connectivity index (χ1) is 19.5. The Morgan fingerprint density at radius 2 is 1.73 bits per heavy atom. The van der Waals surface area contributed by atoms with Gasteiger partial charge in [0.15, 0.2) is 17.3 Å². The van der Waals surface area contributed by atoms with Gasteiger partial charge in [0, 0.05) is 23.7 Å². The molecule has 3 heterocycles. The summed E-state index contributed by atoms with van der Waals surface area (Å²) in [5.41, 5.74) is 4.80. The molecule has 1 fully saturated rings. The molecule has 1 aliphatic rings. The molecule has 40 heavy (non-hydrogen) atoms. The smallest absolute Gasteiger partial charge is 0.276 e. The molecule has 0 radical (unpaired) electrons. The lowest BCUT2D eigenvalue weighted by Crippen LogP contribution is -2.29. The normalized spacial score (nSPS) is 13.9. The van der Waals surface area contributed by atoms with E-state index < -0.39 is 17.5 Å². The molecule has 0 aliphatic carbocycles. The van der Waals surface area contributed by atoms with Gasteiger partial charge in [0.05, 0.1) is 17.4 Å². The van der Waals surface area contributed by atoms with Crippen molar-refractivity contribution in [3.8, 4) is 11.1 Å². The van der Waals surface area contributed by atoms with Crippen LogP contribution in [0.2, 0.25) is 0 Å². The molecule has 1 amide bonds. The van der Waals surface area contributed by atoms with Crippen molar-refractivity contribution in [2.75, 3.05) is 18.4 Å². The minimum atomic E-state index is -0.905. The number of likely N-dealkylation sites (tertiary alicyclic amines) is 1. The van der Waals surface area contributed by atoms with Crippen molar-refractivity contribution in [2.24, 2.45) is 0 Å². The summed E-state index contributed by atoms with van der Waals surface area (Å²) in [5, 5.41) is 10.5. The van der Waals surface area contributed by atoms with Crippen LogP contribution in [0.5, 0.6) is 0 Å². The van der Waals surface area contributed by atoms with E-state index in [-0.39, 0.29) is 11.3 Å². The number of nitrogens with zero attached hydrogens (tertiary/aromatic N) is 3. The lowest BCUT2D eigenvalue weighted by Gasteiger charge is -2.26. The minimum Gasteiger partial charge on any atom is -0.319 e. The van der Waals surface area contributed by atoms with E-state index in [9.17, 15) is 9.18 Å². The number of rotatable bonds is 7. The van der Waals surface area contributed by atoms with Crippen molar-refractivity contribution in [3.05, 3.63) is 113 Å². The Hall–Kier alpha value is -4.43. The summed E-state index contributed by atoms with van der Waals surface area (Å²) >= 11 is 0. The average Bonchev–Trinajstić information content (AvgIpc) is 3.40. The van der Waals surface area contributed by atoms with E-state index in [1.807, 2.05) is 36.4 Å². The van der Waals surface area contributed by atoms with Gasteiger partial charge >= 0.3 is 0 Å². The van der Waals surface area contributed by atoms with Crippen molar-refractivity contribution >= 4 is 22.5 Å². The second-order valence-corrected chi connectivity index (χ2v) is 10.3. The van der Waals surface area contributed by atoms with E-state index in [1.54, 1.807) is 36.7 Å². The summed E-state index contributed by atoms with van der Waals surface area (Å²) in [4.78, 5) is 19.8. The summed E-state index contributed by atoms with van der Waals surface area (Å²) in [5.74, 6) is -2.21. The van der Waals surface area contributed by atoms with Crippen LogP contribution in [0.4, 0.5) is 14.5 Å². The molecular weight excluding hydrogens is 508 g/mol. The van der Waals surface area contributed by atoms with Gasteiger partial charge in [-0.15, -0.1) is 0 Å². The van der Waals surface area contributed by atoms with E-state index in [0.717, 1.165) is 42.6 Å². The molecule has 1 aliphatic heterocycles. The number of anilines is 1. The average molecular weight is 538 g/mol. The van der Waals surface area contributed by atoms with Crippen LogP contribution in [0.25, 0.3) is 22.0 Å². The molecule has 0 bridgehead atoms. The molecule has 1 saturated heterocycles. The number of amides is 1. The van der Waals surface area contributed by atoms with Crippen LogP contribution < -0.4 is 5.32 Å². The van der Waals surface area contributed by atoms with Gasteiger partial charge < -0.3 is 5.32 Å². The molecule has 5 aromatic rings. The highest BCUT2D eigenvalue weighted by atomic mass is 19.2. The maximum atomic E-state index is 15.0. The number of aromatic nitrogens is 3. The SMILES string of the molecule is O=C(Nc1cncc(Cc2ccccc2)c1)c1n[nH]c2ccc(-c3cc(CN4CCCCC4)cc(F)c3F)cc12. The Morgan fingerprint density at radius 1 is 0.900 bits per heavy atom. The second kappa shape index (κ2) is 11.4. The molecule has 6 nitrogen and oxygen atoms in total. The number of benzene rings is 3. The number of nitrogens with one attached hydrogen (secondary N) is 2. The van der Waals surface area contributed by atoms with Crippen LogP contribution in [0.1, 0.15) is 46.4 Å². The molecule has 0 saturated carbocycles. The minimum absolute atomic E-state index is 0.163. The van der Waals surface area contributed by atoms with E-state index in [2.05, 4.69) is 25.4 Å². The van der Waals surface area contributed by atoms with Gasteiger partial charge in [-0.3, -0.25) is 19.8 Å². The van der Waals surface area contributed by atoms with Gasteiger partial charge in [-0.25, -0.2) is 8.78 Å². The molecule has 2 aromatic heterocycles. The van der Waals surface area contributed by atoms with E-state index in [0.29, 0.717) is 35.1 Å². The molecule has 2 N–H and O–H groups in total. The predicted molar refractivity (Wildman–Crippen MR) is 152 cm³/mol. The molecule has 0 unspecified atom stereocenters. The molecule has 202 valence electrons. The quantitative estimate of drug-likeness (QED) is 0.241. The highest BCUT2D eigenvalue weighted by Gasteiger charge is 2.19. The Morgan fingerprint density at radius 3 is 2.55 bits per heavy atom. The Kier molecular flexibility index (Phi) is 7.33. The highest BCUT2D eigenvalue weighted by Crippen LogP contribution is 2.31. The van der Waals surface area contributed by atoms with Crippen LogP contribution in [-0.2, 0) is 13.0 Å². The molecule has 6 rings (SSSR count). The summed E-state index contributed by atoms with van der Waals surface area (Å²) in [6.45, 7) is 2.49. The van der Waals surface area contributed by atoms with Crippen molar-refractivity contribution in [1.82, 2.24) is 20.1 Å². The number of H-pyrrole nitrogens is 1. The Balaban J connectivity index is 1.26. The maximum Gasteiger partial charge on any atom is 0.276 e. The zero-order valence-electron chi connectivity index (χ0n) is 22.0. The van der Waals surface area contributed by atoms with E-state index >= 15 is 4.39 Å². The van der Waals surface area contributed by atoms with Gasteiger partial charge in [0.25, 0.3) is 5.91 Å². The lowest BCUT2D eigenvalue weighted by atomic mass is 9.99. The zero-order valence-corrected chi connectivity index (χ0v) is 22.0. The topological polar surface area (TPSA) is 73.9 Å². The summed E-state index contributed by atoms with van der Waals surface area (Å²) < 4.78 is 29.7. The third kappa shape index (κ3) is 5.62. The van der Waals surface area contributed by atoms with E-state index in [4.69, 9.17) is 0 Å². The number of hydrogen-bond acceptors (Lipinski definition) is 4. The third-order valence-electron chi connectivity index (χ3n) is 7.34. The lowest BCUT2D eigenvalue weighted by molar-refractivity contribution is 0.102. The monoisotopic (exact) mass is 537 g/mol. The fourth-order valence-corrected chi connectivity index (χ4v) is 5.35.